The number of hydrogen-bond acceptors (Lipinski definition) is 4. The van der Waals surface area contributed by atoms with Crippen molar-refractivity contribution < 1.29 is 15.0 Å². The van der Waals surface area contributed by atoms with Crippen molar-refractivity contribution in [3.05, 3.63) is 24.3 Å². The summed E-state index contributed by atoms with van der Waals surface area (Å²) >= 11 is 0. The molecule has 1 atom stereocenters. The van der Waals surface area contributed by atoms with E-state index in [4.69, 9.17) is 5.11 Å². The highest BCUT2D eigenvalue weighted by atomic mass is 16.4. The zero-order chi connectivity index (χ0) is 10.1. The van der Waals surface area contributed by atoms with E-state index in [1.54, 1.807) is 0 Å². The van der Waals surface area contributed by atoms with Crippen LogP contribution in [0.1, 0.15) is 11.7 Å². The maximum absolute atomic E-state index is 10.5. The van der Waals surface area contributed by atoms with Gasteiger partial charge in [-0.25, -0.2) is 14.8 Å². The van der Waals surface area contributed by atoms with E-state index in [1.165, 1.54) is 18.7 Å². The lowest BCUT2D eigenvalue weighted by atomic mass is 10.2. The third-order valence-corrected chi connectivity index (χ3v) is 1.90. The SMILES string of the molecule is O=C(O)C(O)c1c[nH]c2cncnc12. The molecule has 2 heterocycles. The predicted octanol–water partition coefficient (Wildman–Crippen LogP) is 0.0759. The molecule has 14 heavy (non-hydrogen) atoms. The van der Waals surface area contributed by atoms with Crippen LogP contribution in [-0.2, 0) is 4.79 Å². The number of fused-ring (bicyclic) bond motifs is 1. The van der Waals surface area contributed by atoms with Crippen molar-refractivity contribution >= 4 is 17.0 Å². The molecule has 0 saturated heterocycles. The van der Waals surface area contributed by atoms with Gasteiger partial charge >= 0.3 is 5.97 Å². The lowest BCUT2D eigenvalue weighted by Gasteiger charge is -2.01. The number of aromatic nitrogens is 3. The Morgan fingerprint density at radius 3 is 3.07 bits per heavy atom. The molecule has 0 aliphatic heterocycles. The average molecular weight is 193 g/mol. The van der Waals surface area contributed by atoms with Crippen LogP contribution in [0, 0.1) is 0 Å². The molecule has 6 nitrogen and oxygen atoms in total. The number of nitrogens with zero attached hydrogens (tertiary/aromatic N) is 2. The molecule has 2 rings (SSSR count). The Labute approximate surface area is 78.2 Å². The van der Waals surface area contributed by atoms with E-state index in [2.05, 4.69) is 15.0 Å². The van der Waals surface area contributed by atoms with Crippen molar-refractivity contribution in [1.82, 2.24) is 15.0 Å². The minimum Gasteiger partial charge on any atom is -0.479 e. The van der Waals surface area contributed by atoms with Crippen LogP contribution >= 0.6 is 0 Å². The Morgan fingerprint density at radius 1 is 1.57 bits per heavy atom. The fraction of sp³-hybridized carbons (Fsp3) is 0.125. The molecule has 0 aromatic carbocycles. The van der Waals surface area contributed by atoms with Crippen molar-refractivity contribution in [1.29, 1.82) is 0 Å². The number of rotatable bonds is 2. The van der Waals surface area contributed by atoms with Gasteiger partial charge in [-0.2, -0.15) is 0 Å². The van der Waals surface area contributed by atoms with Gasteiger partial charge in [-0.1, -0.05) is 0 Å². The number of carboxylic acids is 1. The van der Waals surface area contributed by atoms with E-state index >= 15 is 0 Å². The van der Waals surface area contributed by atoms with Gasteiger partial charge in [0.1, 0.15) is 6.33 Å². The molecule has 2 aromatic rings. The normalized spacial score (nSPS) is 12.9. The third kappa shape index (κ3) is 1.21. The van der Waals surface area contributed by atoms with Gasteiger partial charge in [-0.15, -0.1) is 0 Å². The Bertz CT molecular complexity index is 479. The first-order chi connectivity index (χ1) is 6.70. The monoisotopic (exact) mass is 193 g/mol. The first-order valence-corrected chi connectivity index (χ1v) is 3.88. The van der Waals surface area contributed by atoms with Gasteiger partial charge in [0.25, 0.3) is 0 Å². The zero-order valence-electron chi connectivity index (χ0n) is 7.01. The summed E-state index contributed by atoms with van der Waals surface area (Å²) in [7, 11) is 0. The molecule has 2 aromatic heterocycles. The molecule has 72 valence electrons. The van der Waals surface area contributed by atoms with Crippen LogP contribution in [-0.4, -0.2) is 31.1 Å². The van der Waals surface area contributed by atoms with Crippen LogP contribution in [0.5, 0.6) is 0 Å². The molecule has 6 heteroatoms. The number of aliphatic hydroxyl groups excluding tert-OH is 1. The van der Waals surface area contributed by atoms with Gasteiger partial charge in [0.05, 0.1) is 17.2 Å². The van der Waals surface area contributed by atoms with Gasteiger partial charge in [-0.3, -0.25) is 0 Å². The number of aromatic amines is 1. The second kappa shape index (κ2) is 3.08. The Morgan fingerprint density at radius 2 is 2.36 bits per heavy atom. The van der Waals surface area contributed by atoms with E-state index < -0.39 is 12.1 Å². The second-order valence-corrected chi connectivity index (χ2v) is 2.77. The summed E-state index contributed by atoms with van der Waals surface area (Å²) in [5.74, 6) is -1.30. The predicted molar refractivity (Wildman–Crippen MR) is 46.5 cm³/mol. The van der Waals surface area contributed by atoms with E-state index in [1.807, 2.05) is 0 Å². The molecule has 0 radical (unpaired) electrons. The highest BCUT2D eigenvalue weighted by molar-refractivity contribution is 5.84. The van der Waals surface area contributed by atoms with Gasteiger partial charge in [-0.05, 0) is 0 Å². The van der Waals surface area contributed by atoms with Crippen LogP contribution in [0.15, 0.2) is 18.7 Å². The van der Waals surface area contributed by atoms with Crippen molar-refractivity contribution in [3.8, 4) is 0 Å². The summed E-state index contributed by atoms with van der Waals surface area (Å²) in [6.45, 7) is 0. The third-order valence-electron chi connectivity index (χ3n) is 1.90. The molecule has 0 spiro atoms. The smallest absolute Gasteiger partial charge is 0.337 e. The highest BCUT2D eigenvalue weighted by Crippen LogP contribution is 2.21. The van der Waals surface area contributed by atoms with Crippen LogP contribution < -0.4 is 0 Å². The van der Waals surface area contributed by atoms with Gasteiger partial charge in [0.15, 0.2) is 6.10 Å². The Hall–Kier alpha value is -1.95. The molecule has 0 aliphatic rings. The number of nitrogens with one attached hydrogen (secondary N) is 1. The van der Waals surface area contributed by atoms with E-state index in [0.717, 1.165) is 0 Å². The molecule has 1 unspecified atom stereocenters. The fourth-order valence-corrected chi connectivity index (χ4v) is 1.23. The summed E-state index contributed by atoms with van der Waals surface area (Å²) in [6.07, 6.45) is 2.67. The molecule has 0 aliphatic carbocycles. The zero-order valence-corrected chi connectivity index (χ0v) is 7.01. The standard InChI is InChI=1S/C8H7N3O3/c12-7(8(13)14)4-1-10-5-2-9-3-11-6(4)5/h1-3,7,10,12H,(H,13,14). The Balaban J connectivity index is 2.58. The van der Waals surface area contributed by atoms with Crippen LogP contribution in [0.2, 0.25) is 0 Å². The largest absolute Gasteiger partial charge is 0.479 e. The van der Waals surface area contributed by atoms with Gasteiger partial charge in [0.2, 0.25) is 0 Å². The van der Waals surface area contributed by atoms with Crippen LogP contribution in [0.25, 0.3) is 11.0 Å². The summed E-state index contributed by atoms with van der Waals surface area (Å²) in [4.78, 5) is 20.9. The molecular weight excluding hydrogens is 186 g/mol. The number of hydrogen-bond donors (Lipinski definition) is 3. The van der Waals surface area contributed by atoms with Crippen LogP contribution in [0.3, 0.4) is 0 Å². The topological polar surface area (TPSA) is 99.1 Å². The first-order valence-electron chi connectivity index (χ1n) is 3.88. The number of H-pyrrole nitrogens is 1. The molecular formula is C8H7N3O3. The van der Waals surface area contributed by atoms with Crippen molar-refractivity contribution in [2.45, 2.75) is 6.10 Å². The maximum Gasteiger partial charge on any atom is 0.337 e. The minimum absolute atomic E-state index is 0.245. The lowest BCUT2D eigenvalue weighted by Crippen LogP contribution is -2.10. The summed E-state index contributed by atoms with van der Waals surface area (Å²) in [6, 6.07) is 0. The first kappa shape index (κ1) is 8.64. The van der Waals surface area contributed by atoms with E-state index in [-0.39, 0.29) is 5.56 Å². The maximum atomic E-state index is 10.5. The van der Waals surface area contributed by atoms with E-state index in [9.17, 15) is 9.90 Å². The lowest BCUT2D eigenvalue weighted by molar-refractivity contribution is -0.146. The average Bonchev–Trinajstić information content (AvgIpc) is 2.60. The van der Waals surface area contributed by atoms with Crippen LogP contribution in [0.4, 0.5) is 0 Å². The van der Waals surface area contributed by atoms with Crippen molar-refractivity contribution in [2.24, 2.45) is 0 Å². The van der Waals surface area contributed by atoms with Gasteiger partial charge in [0, 0.05) is 11.8 Å². The molecule has 0 saturated carbocycles. The highest BCUT2D eigenvalue weighted by Gasteiger charge is 2.20. The molecule has 0 amide bonds. The summed E-state index contributed by atoms with van der Waals surface area (Å²) < 4.78 is 0. The fourth-order valence-electron chi connectivity index (χ4n) is 1.23. The molecule has 3 N–H and O–H groups in total. The van der Waals surface area contributed by atoms with Crippen molar-refractivity contribution in [3.63, 3.8) is 0 Å². The van der Waals surface area contributed by atoms with Gasteiger partial charge < -0.3 is 15.2 Å². The van der Waals surface area contributed by atoms with Crippen molar-refractivity contribution in [2.75, 3.05) is 0 Å². The minimum atomic E-state index is -1.56. The number of aliphatic hydroxyl groups is 1. The summed E-state index contributed by atoms with van der Waals surface area (Å²) in [5.41, 5.74) is 1.27. The number of carboxylic acid groups (broad SMARTS) is 1. The molecule has 0 bridgehead atoms. The number of aliphatic carboxylic acids is 1. The van der Waals surface area contributed by atoms with E-state index in [0.29, 0.717) is 11.0 Å². The summed E-state index contributed by atoms with van der Waals surface area (Å²) in [5, 5.41) is 17.9. The second-order valence-electron chi connectivity index (χ2n) is 2.77. The molecule has 0 fully saturated rings. The quantitative estimate of drug-likeness (QED) is 0.627. The Kier molecular flexibility index (Phi) is 1.90. The number of carbonyl (C=O) groups is 1.